The van der Waals surface area contributed by atoms with Gasteiger partial charge in [-0.15, -0.1) is 5.10 Å². The van der Waals surface area contributed by atoms with E-state index >= 15 is 0 Å². The van der Waals surface area contributed by atoms with Crippen molar-refractivity contribution in [3.8, 4) is 0 Å². The molecule has 164 valence electrons. The Hall–Kier alpha value is -2.33. The van der Waals surface area contributed by atoms with Crippen LogP contribution in [0.2, 0.25) is 0 Å². The van der Waals surface area contributed by atoms with Crippen LogP contribution in [0.4, 0.5) is 10.1 Å². The highest BCUT2D eigenvalue weighted by molar-refractivity contribution is 9.10. The Morgan fingerprint density at radius 2 is 2.03 bits per heavy atom. The third kappa shape index (κ3) is 4.64. The van der Waals surface area contributed by atoms with Crippen LogP contribution >= 0.6 is 15.9 Å². The van der Waals surface area contributed by atoms with Gasteiger partial charge in [0.1, 0.15) is 11.9 Å². The SMILES string of the molecule is Cc1nn(C2CC2)cc1C(Nc1cc(F)cc(Br)c1)c1nnnn1CC1CCOCC1. The van der Waals surface area contributed by atoms with Gasteiger partial charge in [0, 0.05) is 41.7 Å². The number of hydrogen-bond donors (Lipinski definition) is 1. The maximum atomic E-state index is 14.1. The van der Waals surface area contributed by atoms with Crippen LogP contribution in [-0.4, -0.2) is 43.2 Å². The monoisotopic (exact) mass is 489 g/mol. The molecule has 10 heteroatoms. The van der Waals surface area contributed by atoms with E-state index in [-0.39, 0.29) is 11.9 Å². The average Bonchev–Trinajstić information content (AvgIpc) is 3.38. The van der Waals surface area contributed by atoms with Crippen molar-refractivity contribution in [3.63, 3.8) is 0 Å². The summed E-state index contributed by atoms with van der Waals surface area (Å²) in [7, 11) is 0. The maximum absolute atomic E-state index is 14.1. The van der Waals surface area contributed by atoms with E-state index in [0.29, 0.717) is 27.9 Å². The van der Waals surface area contributed by atoms with Crippen LogP contribution in [0.15, 0.2) is 28.9 Å². The molecule has 3 heterocycles. The number of aryl methyl sites for hydroxylation is 1. The first-order chi connectivity index (χ1) is 15.1. The van der Waals surface area contributed by atoms with E-state index in [1.807, 2.05) is 22.4 Å². The molecule has 2 aromatic heterocycles. The fourth-order valence-electron chi connectivity index (χ4n) is 4.11. The molecule has 1 saturated carbocycles. The summed E-state index contributed by atoms with van der Waals surface area (Å²) in [4.78, 5) is 0. The zero-order valence-corrected chi connectivity index (χ0v) is 18.9. The molecule has 2 fully saturated rings. The summed E-state index contributed by atoms with van der Waals surface area (Å²) in [5, 5.41) is 20.8. The van der Waals surface area contributed by atoms with E-state index < -0.39 is 0 Å². The third-order valence-corrected chi connectivity index (χ3v) is 6.41. The number of aromatic nitrogens is 6. The average molecular weight is 490 g/mol. The standard InChI is InChI=1S/C21H25BrFN7O/c1-13-19(12-29(26-13)18-2-3-18)20(24-17-9-15(22)8-16(23)10-17)21-25-27-28-30(21)11-14-4-6-31-7-5-14/h8-10,12,14,18,20,24H,2-7,11H2,1H3. The molecule has 31 heavy (non-hydrogen) atoms. The smallest absolute Gasteiger partial charge is 0.178 e. The quantitative estimate of drug-likeness (QED) is 0.539. The molecule has 3 aromatic rings. The van der Waals surface area contributed by atoms with Crippen molar-refractivity contribution in [1.29, 1.82) is 0 Å². The van der Waals surface area contributed by atoms with Crippen LogP contribution in [0.1, 0.15) is 54.8 Å². The lowest BCUT2D eigenvalue weighted by Gasteiger charge is -2.24. The van der Waals surface area contributed by atoms with Crippen molar-refractivity contribution in [2.24, 2.45) is 5.92 Å². The van der Waals surface area contributed by atoms with E-state index in [0.717, 1.165) is 56.7 Å². The van der Waals surface area contributed by atoms with Crippen LogP contribution in [0.5, 0.6) is 0 Å². The van der Waals surface area contributed by atoms with E-state index in [1.165, 1.54) is 12.1 Å². The second-order valence-electron chi connectivity index (χ2n) is 8.39. The fraction of sp³-hybridized carbons (Fsp3) is 0.524. The fourth-order valence-corrected chi connectivity index (χ4v) is 4.58. The Bertz CT molecular complexity index is 1040. The highest BCUT2D eigenvalue weighted by Crippen LogP contribution is 2.37. The summed E-state index contributed by atoms with van der Waals surface area (Å²) in [6.45, 7) is 4.27. The molecule has 8 nitrogen and oxygen atoms in total. The van der Waals surface area contributed by atoms with Crippen molar-refractivity contribution in [3.05, 3.63) is 51.8 Å². The normalized spacial score (nSPS) is 18.3. The number of rotatable bonds is 7. The lowest BCUT2D eigenvalue weighted by atomic mass is 10.00. The third-order valence-electron chi connectivity index (χ3n) is 5.95. The number of halogens is 2. The highest BCUT2D eigenvalue weighted by atomic mass is 79.9. The van der Waals surface area contributed by atoms with Crippen molar-refractivity contribution < 1.29 is 9.13 Å². The Balaban J connectivity index is 1.50. The molecule has 1 N–H and O–H groups in total. The van der Waals surface area contributed by atoms with E-state index in [9.17, 15) is 4.39 Å². The van der Waals surface area contributed by atoms with Gasteiger partial charge in [-0.1, -0.05) is 15.9 Å². The van der Waals surface area contributed by atoms with E-state index in [4.69, 9.17) is 9.84 Å². The molecular weight excluding hydrogens is 465 g/mol. The summed E-state index contributed by atoms with van der Waals surface area (Å²) < 4.78 is 24.1. The first kappa shape index (κ1) is 20.6. The summed E-state index contributed by atoms with van der Waals surface area (Å²) in [6.07, 6.45) is 6.36. The van der Waals surface area contributed by atoms with Crippen LogP contribution in [0.25, 0.3) is 0 Å². The van der Waals surface area contributed by atoms with Crippen LogP contribution in [-0.2, 0) is 11.3 Å². The molecule has 1 saturated heterocycles. The molecule has 2 aliphatic rings. The number of benzene rings is 1. The lowest BCUT2D eigenvalue weighted by molar-refractivity contribution is 0.0596. The van der Waals surface area contributed by atoms with Gasteiger partial charge in [-0.3, -0.25) is 4.68 Å². The number of tetrazole rings is 1. The van der Waals surface area contributed by atoms with Crippen molar-refractivity contribution in [2.75, 3.05) is 18.5 Å². The molecule has 1 aliphatic heterocycles. The largest absolute Gasteiger partial charge is 0.381 e. The first-order valence-corrected chi connectivity index (χ1v) is 11.5. The number of hydrogen-bond acceptors (Lipinski definition) is 6. The van der Waals surface area contributed by atoms with Crippen molar-refractivity contribution in [1.82, 2.24) is 30.0 Å². The molecule has 0 bridgehead atoms. The van der Waals surface area contributed by atoms with E-state index in [1.54, 1.807) is 0 Å². The number of anilines is 1. The van der Waals surface area contributed by atoms with Crippen LogP contribution < -0.4 is 5.32 Å². The number of nitrogens with one attached hydrogen (secondary N) is 1. The molecule has 5 rings (SSSR count). The highest BCUT2D eigenvalue weighted by Gasteiger charge is 2.30. The van der Waals surface area contributed by atoms with Gasteiger partial charge >= 0.3 is 0 Å². The van der Waals surface area contributed by atoms with Gasteiger partial charge in [0.05, 0.1) is 11.7 Å². The Kier molecular flexibility index (Phi) is 5.75. The van der Waals surface area contributed by atoms with Gasteiger partial charge in [0.15, 0.2) is 5.82 Å². The Morgan fingerprint density at radius 1 is 1.23 bits per heavy atom. The predicted octanol–water partition coefficient (Wildman–Crippen LogP) is 4.04. The van der Waals surface area contributed by atoms with Crippen LogP contribution in [0.3, 0.4) is 0 Å². The van der Waals surface area contributed by atoms with Gasteiger partial charge in [-0.25, -0.2) is 9.07 Å². The minimum atomic E-state index is -0.351. The summed E-state index contributed by atoms with van der Waals surface area (Å²) in [5.41, 5.74) is 2.56. The summed E-state index contributed by atoms with van der Waals surface area (Å²) >= 11 is 3.38. The Morgan fingerprint density at radius 3 is 2.77 bits per heavy atom. The Labute approximate surface area is 188 Å². The zero-order chi connectivity index (χ0) is 21.4. The molecule has 1 aromatic carbocycles. The topological polar surface area (TPSA) is 82.7 Å². The molecule has 0 amide bonds. The second-order valence-corrected chi connectivity index (χ2v) is 9.31. The van der Waals surface area contributed by atoms with Gasteiger partial charge in [-0.05, 0) is 67.2 Å². The molecule has 1 atom stereocenters. The molecule has 0 spiro atoms. The van der Waals surface area contributed by atoms with Crippen molar-refractivity contribution in [2.45, 2.75) is 51.2 Å². The van der Waals surface area contributed by atoms with Gasteiger partial charge < -0.3 is 10.1 Å². The lowest BCUT2D eigenvalue weighted by Crippen LogP contribution is -2.25. The van der Waals surface area contributed by atoms with Crippen LogP contribution in [0, 0.1) is 18.7 Å². The van der Waals surface area contributed by atoms with Gasteiger partial charge in [0.2, 0.25) is 0 Å². The van der Waals surface area contributed by atoms with Gasteiger partial charge in [0.25, 0.3) is 0 Å². The molecule has 1 unspecified atom stereocenters. The summed E-state index contributed by atoms with van der Waals surface area (Å²) in [6, 6.07) is 4.88. The minimum Gasteiger partial charge on any atom is -0.381 e. The van der Waals surface area contributed by atoms with Crippen molar-refractivity contribution >= 4 is 21.6 Å². The maximum Gasteiger partial charge on any atom is 0.178 e. The molecular formula is C21H25BrFN7O. The zero-order valence-electron chi connectivity index (χ0n) is 17.3. The molecule has 1 aliphatic carbocycles. The van der Waals surface area contributed by atoms with Gasteiger partial charge in [-0.2, -0.15) is 5.10 Å². The first-order valence-electron chi connectivity index (χ1n) is 10.7. The number of ether oxygens (including phenoxy) is 1. The summed E-state index contributed by atoms with van der Waals surface area (Å²) in [5.74, 6) is 0.850. The number of nitrogens with zero attached hydrogens (tertiary/aromatic N) is 6. The van der Waals surface area contributed by atoms with E-state index in [2.05, 4.69) is 43.0 Å². The minimum absolute atomic E-state index is 0.317. The predicted molar refractivity (Wildman–Crippen MR) is 116 cm³/mol. The second kappa shape index (κ2) is 8.66. The molecule has 0 radical (unpaired) electrons.